The quantitative estimate of drug-likeness (QED) is 0.141. The largest absolute Gasteiger partial charge is 0.497 e. The van der Waals surface area contributed by atoms with Crippen molar-refractivity contribution < 1.29 is 33.4 Å². The third-order valence-electron chi connectivity index (χ3n) is 6.31. The summed E-state index contributed by atoms with van der Waals surface area (Å²) in [6.45, 7) is 1.47. The first-order valence-electron chi connectivity index (χ1n) is 12.2. The van der Waals surface area contributed by atoms with Gasteiger partial charge in [-0.05, 0) is 85.8 Å². The van der Waals surface area contributed by atoms with Crippen molar-refractivity contribution in [3.8, 4) is 17.2 Å². The summed E-state index contributed by atoms with van der Waals surface area (Å²) in [5.74, 6) is -0.768. The van der Waals surface area contributed by atoms with Gasteiger partial charge in [0.05, 0.1) is 34.5 Å². The maximum Gasteiger partial charge on any atom is 0.338 e. The van der Waals surface area contributed by atoms with Gasteiger partial charge in [-0.1, -0.05) is 23.7 Å². The molecule has 0 fully saturated rings. The van der Waals surface area contributed by atoms with Crippen LogP contribution in [0.1, 0.15) is 48.4 Å². The number of carbonyl (C=O) groups is 4. The fourth-order valence-electron chi connectivity index (χ4n) is 4.19. The number of anilines is 1. The standard InChI is InChI=1S/C31H22ClNO7/c1-18(28(34)19-7-12-22(38-2)13-8-19)39-31(37)20-9-16-24-25(17-20)30(36)33(29(24)35)21-10-14-23(15-11-21)40-27-6-4-3-5-26(27)32/h3-18H,1-2H3. The number of ether oxygens (including phenoxy) is 3. The van der Waals surface area contributed by atoms with Gasteiger partial charge >= 0.3 is 5.97 Å². The zero-order chi connectivity index (χ0) is 28.4. The molecule has 0 radical (unpaired) electrons. The molecular weight excluding hydrogens is 534 g/mol. The van der Waals surface area contributed by atoms with E-state index < -0.39 is 29.7 Å². The number of halogens is 1. The van der Waals surface area contributed by atoms with Gasteiger partial charge < -0.3 is 14.2 Å². The summed E-state index contributed by atoms with van der Waals surface area (Å²) in [5.41, 5.74) is 0.945. The Labute approximate surface area is 234 Å². The van der Waals surface area contributed by atoms with E-state index in [1.807, 2.05) is 0 Å². The van der Waals surface area contributed by atoms with Crippen molar-refractivity contribution in [1.82, 2.24) is 0 Å². The predicted octanol–water partition coefficient (Wildman–Crippen LogP) is 6.37. The van der Waals surface area contributed by atoms with E-state index in [1.54, 1.807) is 72.8 Å². The van der Waals surface area contributed by atoms with Crippen LogP contribution in [0.5, 0.6) is 17.2 Å². The summed E-state index contributed by atoms with van der Waals surface area (Å²) >= 11 is 6.14. The van der Waals surface area contributed by atoms with Gasteiger partial charge in [-0.3, -0.25) is 14.4 Å². The fraction of sp³-hybridized carbons (Fsp3) is 0.0968. The number of hydrogen-bond donors (Lipinski definition) is 0. The maximum absolute atomic E-state index is 13.2. The minimum atomic E-state index is -1.07. The third-order valence-corrected chi connectivity index (χ3v) is 6.62. The number of amides is 2. The highest BCUT2D eigenvalue weighted by Gasteiger charge is 2.37. The lowest BCUT2D eigenvalue weighted by molar-refractivity contribution is 0.0318. The molecule has 0 bridgehead atoms. The number of para-hydroxylation sites is 1. The Kier molecular flexibility index (Phi) is 7.35. The average Bonchev–Trinajstić information content (AvgIpc) is 3.23. The van der Waals surface area contributed by atoms with Gasteiger partial charge in [0.2, 0.25) is 5.78 Å². The molecule has 0 aromatic heterocycles. The van der Waals surface area contributed by atoms with Crippen LogP contribution in [0.3, 0.4) is 0 Å². The van der Waals surface area contributed by atoms with Gasteiger partial charge in [0.25, 0.3) is 11.8 Å². The second kappa shape index (κ2) is 11.0. The van der Waals surface area contributed by atoms with Crippen molar-refractivity contribution in [3.05, 3.63) is 118 Å². The molecule has 5 rings (SSSR count). The molecule has 0 spiro atoms. The third kappa shape index (κ3) is 5.17. The Morgan fingerprint density at radius 3 is 2.08 bits per heavy atom. The highest BCUT2D eigenvalue weighted by Crippen LogP contribution is 2.33. The summed E-state index contributed by atoms with van der Waals surface area (Å²) < 4.78 is 16.2. The zero-order valence-electron chi connectivity index (χ0n) is 21.4. The van der Waals surface area contributed by atoms with E-state index in [-0.39, 0.29) is 16.7 Å². The van der Waals surface area contributed by atoms with Crippen LogP contribution in [-0.2, 0) is 4.74 Å². The first-order chi connectivity index (χ1) is 19.3. The number of carbonyl (C=O) groups excluding carboxylic acids is 4. The number of nitrogens with zero attached hydrogens (tertiary/aromatic N) is 1. The lowest BCUT2D eigenvalue weighted by Gasteiger charge is -2.15. The normalized spacial score (nSPS) is 13.0. The Bertz CT molecular complexity index is 1630. The molecule has 0 N–H and O–H groups in total. The first kappa shape index (κ1) is 26.6. The topological polar surface area (TPSA) is 99.2 Å². The van der Waals surface area contributed by atoms with E-state index >= 15 is 0 Å². The molecule has 2 amide bonds. The molecule has 8 nitrogen and oxygen atoms in total. The summed E-state index contributed by atoms with van der Waals surface area (Å²) in [4.78, 5) is 52.8. The van der Waals surface area contributed by atoms with Crippen LogP contribution in [-0.4, -0.2) is 36.8 Å². The van der Waals surface area contributed by atoms with Crippen LogP contribution in [0.25, 0.3) is 0 Å². The molecule has 200 valence electrons. The minimum Gasteiger partial charge on any atom is -0.497 e. The molecule has 0 aliphatic carbocycles. The van der Waals surface area contributed by atoms with Gasteiger partial charge in [-0.25, -0.2) is 9.69 Å². The van der Waals surface area contributed by atoms with Crippen LogP contribution >= 0.6 is 11.6 Å². The van der Waals surface area contributed by atoms with Crippen molar-refractivity contribution in [2.75, 3.05) is 12.0 Å². The average molecular weight is 556 g/mol. The van der Waals surface area contributed by atoms with Gasteiger partial charge in [-0.2, -0.15) is 0 Å². The first-order valence-corrected chi connectivity index (χ1v) is 12.6. The number of imide groups is 1. The van der Waals surface area contributed by atoms with Gasteiger partial charge in [-0.15, -0.1) is 0 Å². The van der Waals surface area contributed by atoms with E-state index in [1.165, 1.54) is 32.2 Å². The molecule has 4 aromatic carbocycles. The molecular formula is C31H22ClNO7. The maximum atomic E-state index is 13.2. The summed E-state index contributed by atoms with van der Waals surface area (Å²) in [6, 6.07) is 23.9. The van der Waals surface area contributed by atoms with E-state index in [9.17, 15) is 19.2 Å². The summed E-state index contributed by atoms with van der Waals surface area (Å²) in [5, 5.41) is 0.445. The van der Waals surface area contributed by atoms with Crippen molar-refractivity contribution in [3.63, 3.8) is 0 Å². The summed E-state index contributed by atoms with van der Waals surface area (Å²) in [6.07, 6.45) is -1.07. The van der Waals surface area contributed by atoms with Crippen LogP contribution < -0.4 is 14.4 Å². The minimum absolute atomic E-state index is 0.0413. The molecule has 1 unspecified atom stereocenters. The molecule has 1 atom stereocenters. The van der Waals surface area contributed by atoms with Crippen molar-refractivity contribution in [1.29, 1.82) is 0 Å². The molecule has 9 heteroatoms. The fourth-order valence-corrected chi connectivity index (χ4v) is 4.37. The molecule has 4 aromatic rings. The number of hydrogen-bond acceptors (Lipinski definition) is 7. The van der Waals surface area contributed by atoms with E-state index in [2.05, 4.69) is 0 Å². The Morgan fingerprint density at radius 2 is 1.40 bits per heavy atom. The number of ketones is 1. The Morgan fingerprint density at radius 1 is 0.775 bits per heavy atom. The lowest BCUT2D eigenvalue weighted by Crippen LogP contribution is -2.29. The Hall–Kier alpha value is -4.95. The number of fused-ring (bicyclic) bond motifs is 1. The van der Waals surface area contributed by atoms with Gasteiger partial charge in [0.15, 0.2) is 6.10 Å². The number of rotatable bonds is 8. The zero-order valence-corrected chi connectivity index (χ0v) is 22.2. The van der Waals surface area contributed by atoms with Crippen molar-refractivity contribution >= 4 is 40.9 Å². The highest BCUT2D eigenvalue weighted by atomic mass is 35.5. The Balaban J connectivity index is 1.29. The predicted molar refractivity (Wildman–Crippen MR) is 148 cm³/mol. The van der Waals surface area contributed by atoms with Crippen molar-refractivity contribution in [2.45, 2.75) is 13.0 Å². The van der Waals surface area contributed by atoms with E-state index in [4.69, 9.17) is 25.8 Å². The van der Waals surface area contributed by atoms with E-state index in [0.29, 0.717) is 33.5 Å². The van der Waals surface area contributed by atoms with Gasteiger partial charge in [0.1, 0.15) is 17.2 Å². The molecule has 1 aliphatic rings. The van der Waals surface area contributed by atoms with Crippen molar-refractivity contribution in [2.24, 2.45) is 0 Å². The van der Waals surface area contributed by atoms with Crippen LogP contribution in [0.2, 0.25) is 5.02 Å². The monoisotopic (exact) mass is 555 g/mol. The number of Topliss-reactive ketones (excluding diaryl/α,β-unsaturated/α-hetero) is 1. The molecule has 40 heavy (non-hydrogen) atoms. The smallest absolute Gasteiger partial charge is 0.338 e. The second-order valence-corrected chi connectivity index (χ2v) is 9.28. The molecule has 0 saturated carbocycles. The van der Waals surface area contributed by atoms with Crippen LogP contribution in [0.15, 0.2) is 91.0 Å². The van der Waals surface area contributed by atoms with Gasteiger partial charge in [0, 0.05) is 5.56 Å². The molecule has 0 saturated heterocycles. The molecule has 1 heterocycles. The number of esters is 1. The number of methoxy groups -OCH3 is 1. The number of benzene rings is 4. The lowest BCUT2D eigenvalue weighted by atomic mass is 10.1. The van der Waals surface area contributed by atoms with Crippen LogP contribution in [0, 0.1) is 0 Å². The van der Waals surface area contributed by atoms with Crippen LogP contribution in [0.4, 0.5) is 5.69 Å². The second-order valence-electron chi connectivity index (χ2n) is 8.87. The van der Waals surface area contributed by atoms with E-state index in [0.717, 1.165) is 4.90 Å². The summed E-state index contributed by atoms with van der Waals surface area (Å²) in [7, 11) is 1.52. The SMILES string of the molecule is COc1ccc(C(=O)C(C)OC(=O)c2ccc3c(c2)C(=O)N(c2ccc(Oc4ccccc4Cl)cc2)C3=O)cc1. The molecule has 1 aliphatic heterocycles. The highest BCUT2D eigenvalue weighted by molar-refractivity contribution is 6.34.